The molecule has 0 spiro atoms. The van der Waals surface area contributed by atoms with Crippen molar-refractivity contribution >= 4 is 11.7 Å². The van der Waals surface area contributed by atoms with Crippen LogP contribution in [0.5, 0.6) is 0 Å². The molecule has 1 aromatic rings. The summed E-state index contributed by atoms with van der Waals surface area (Å²) in [5.74, 6) is -0.880. The van der Waals surface area contributed by atoms with Crippen LogP contribution in [0.3, 0.4) is 0 Å². The number of nitrogens with one attached hydrogen (secondary N) is 1. The van der Waals surface area contributed by atoms with E-state index in [1.54, 1.807) is 12.1 Å². The molecule has 0 bridgehead atoms. The van der Waals surface area contributed by atoms with Crippen LogP contribution in [0, 0.1) is 6.92 Å². The molecule has 0 aromatic heterocycles. The summed E-state index contributed by atoms with van der Waals surface area (Å²) >= 11 is 0. The summed E-state index contributed by atoms with van der Waals surface area (Å²) in [5, 5.41) is 12.2. The molecular formula is C16H23NO3. The first-order chi connectivity index (χ1) is 9.66. The third kappa shape index (κ3) is 4.23. The summed E-state index contributed by atoms with van der Waals surface area (Å²) in [5.41, 5.74) is 2.07. The van der Waals surface area contributed by atoms with Crippen molar-refractivity contribution in [3.63, 3.8) is 0 Å². The number of hydrogen-bond donors (Lipinski definition) is 2. The molecule has 4 heteroatoms. The number of aryl methyl sites for hydroxylation is 1. The summed E-state index contributed by atoms with van der Waals surface area (Å²) in [6.07, 6.45) is 6.72. The molecule has 1 aromatic carbocycles. The number of carboxylic acids is 1. The van der Waals surface area contributed by atoms with Gasteiger partial charge in [-0.05, 0) is 43.5 Å². The molecular weight excluding hydrogens is 254 g/mol. The van der Waals surface area contributed by atoms with Crippen molar-refractivity contribution in [1.82, 2.24) is 0 Å². The lowest BCUT2D eigenvalue weighted by Crippen LogP contribution is -2.20. The maximum absolute atomic E-state index is 10.9. The van der Waals surface area contributed by atoms with Gasteiger partial charge in [0.1, 0.15) is 0 Å². The lowest BCUT2D eigenvalue weighted by Gasteiger charge is -2.22. The highest BCUT2D eigenvalue weighted by Crippen LogP contribution is 2.20. The molecule has 110 valence electrons. The van der Waals surface area contributed by atoms with Gasteiger partial charge in [0.25, 0.3) is 0 Å². The Morgan fingerprint density at radius 2 is 2.10 bits per heavy atom. The highest BCUT2D eigenvalue weighted by atomic mass is 16.5. The van der Waals surface area contributed by atoms with Crippen LogP contribution in [0.1, 0.15) is 48.0 Å². The first kappa shape index (κ1) is 14.9. The number of benzene rings is 1. The zero-order valence-electron chi connectivity index (χ0n) is 12.0. The van der Waals surface area contributed by atoms with E-state index >= 15 is 0 Å². The number of aromatic carboxylic acids is 1. The molecule has 0 atom stereocenters. The Morgan fingerprint density at radius 1 is 1.35 bits per heavy atom. The van der Waals surface area contributed by atoms with Gasteiger partial charge in [-0.15, -0.1) is 0 Å². The average molecular weight is 277 g/mol. The van der Waals surface area contributed by atoms with E-state index in [4.69, 9.17) is 9.84 Å². The van der Waals surface area contributed by atoms with E-state index in [0.717, 1.165) is 17.8 Å². The van der Waals surface area contributed by atoms with Gasteiger partial charge in [-0.25, -0.2) is 4.79 Å². The molecule has 1 aliphatic carbocycles. The topological polar surface area (TPSA) is 58.6 Å². The Balaban J connectivity index is 1.73. The van der Waals surface area contributed by atoms with E-state index in [2.05, 4.69) is 5.32 Å². The standard InChI is InChI=1S/C16H23NO3/c1-12-11-13(7-8-15(12)16(18)19)17-9-10-20-14-5-3-2-4-6-14/h7-8,11,14,17H,2-6,9-10H2,1H3,(H,18,19). The van der Waals surface area contributed by atoms with Crippen LogP contribution >= 0.6 is 0 Å². The zero-order valence-corrected chi connectivity index (χ0v) is 12.0. The van der Waals surface area contributed by atoms with Crippen LogP contribution in [0.4, 0.5) is 5.69 Å². The molecule has 2 rings (SSSR count). The molecule has 1 saturated carbocycles. The molecule has 0 aliphatic heterocycles. The first-order valence-corrected chi connectivity index (χ1v) is 7.36. The average Bonchev–Trinajstić information content (AvgIpc) is 2.44. The Hall–Kier alpha value is -1.55. The molecule has 1 fully saturated rings. The van der Waals surface area contributed by atoms with Gasteiger partial charge in [0.05, 0.1) is 18.3 Å². The summed E-state index contributed by atoms with van der Waals surface area (Å²) in [6, 6.07) is 5.31. The Kier molecular flexibility index (Phi) is 5.41. The van der Waals surface area contributed by atoms with Gasteiger partial charge in [0.15, 0.2) is 0 Å². The second-order valence-corrected chi connectivity index (χ2v) is 5.39. The molecule has 1 aliphatic rings. The van der Waals surface area contributed by atoms with E-state index in [1.807, 2.05) is 13.0 Å². The van der Waals surface area contributed by atoms with E-state index in [1.165, 1.54) is 32.1 Å². The van der Waals surface area contributed by atoms with Gasteiger partial charge in [0.2, 0.25) is 0 Å². The van der Waals surface area contributed by atoms with Crippen LogP contribution < -0.4 is 5.32 Å². The second kappa shape index (κ2) is 7.29. The molecule has 0 unspecified atom stereocenters. The minimum Gasteiger partial charge on any atom is -0.478 e. The highest BCUT2D eigenvalue weighted by Gasteiger charge is 2.13. The van der Waals surface area contributed by atoms with E-state index < -0.39 is 5.97 Å². The van der Waals surface area contributed by atoms with E-state index in [9.17, 15) is 4.79 Å². The Labute approximate surface area is 120 Å². The van der Waals surface area contributed by atoms with Crippen LogP contribution in [-0.4, -0.2) is 30.3 Å². The first-order valence-electron chi connectivity index (χ1n) is 7.36. The molecule has 2 N–H and O–H groups in total. The quantitative estimate of drug-likeness (QED) is 0.782. The van der Waals surface area contributed by atoms with Gasteiger partial charge in [-0.1, -0.05) is 19.3 Å². The number of rotatable bonds is 6. The fourth-order valence-corrected chi connectivity index (χ4v) is 2.67. The maximum atomic E-state index is 10.9. The fourth-order valence-electron chi connectivity index (χ4n) is 2.67. The Morgan fingerprint density at radius 3 is 2.75 bits per heavy atom. The minimum absolute atomic E-state index is 0.356. The lowest BCUT2D eigenvalue weighted by molar-refractivity contribution is 0.0347. The maximum Gasteiger partial charge on any atom is 0.335 e. The van der Waals surface area contributed by atoms with Crippen molar-refractivity contribution in [3.05, 3.63) is 29.3 Å². The van der Waals surface area contributed by atoms with Crippen molar-refractivity contribution in [2.24, 2.45) is 0 Å². The molecule has 4 nitrogen and oxygen atoms in total. The van der Waals surface area contributed by atoms with Crippen molar-refractivity contribution in [3.8, 4) is 0 Å². The minimum atomic E-state index is -0.880. The Bertz CT molecular complexity index is 453. The zero-order chi connectivity index (χ0) is 14.4. The van der Waals surface area contributed by atoms with Gasteiger partial charge in [-0.3, -0.25) is 0 Å². The number of carbonyl (C=O) groups is 1. The fraction of sp³-hybridized carbons (Fsp3) is 0.562. The predicted molar refractivity (Wildman–Crippen MR) is 79.5 cm³/mol. The summed E-state index contributed by atoms with van der Waals surface area (Å²) < 4.78 is 5.84. The van der Waals surface area contributed by atoms with Crippen molar-refractivity contribution in [1.29, 1.82) is 0 Å². The normalized spacial score (nSPS) is 16.1. The van der Waals surface area contributed by atoms with Crippen LogP contribution in [0.2, 0.25) is 0 Å². The van der Waals surface area contributed by atoms with Gasteiger partial charge in [0, 0.05) is 12.2 Å². The number of anilines is 1. The molecule has 0 heterocycles. The monoisotopic (exact) mass is 277 g/mol. The molecule has 0 saturated heterocycles. The van der Waals surface area contributed by atoms with Crippen molar-refractivity contribution < 1.29 is 14.6 Å². The largest absolute Gasteiger partial charge is 0.478 e. The van der Waals surface area contributed by atoms with Crippen LogP contribution in [0.25, 0.3) is 0 Å². The second-order valence-electron chi connectivity index (χ2n) is 5.39. The van der Waals surface area contributed by atoms with Gasteiger partial charge < -0.3 is 15.2 Å². The van der Waals surface area contributed by atoms with Crippen molar-refractivity contribution in [2.75, 3.05) is 18.5 Å². The summed E-state index contributed by atoms with van der Waals surface area (Å²) in [4.78, 5) is 10.9. The van der Waals surface area contributed by atoms with Crippen LogP contribution in [-0.2, 0) is 4.74 Å². The third-order valence-electron chi connectivity index (χ3n) is 3.79. The number of ether oxygens (including phenoxy) is 1. The number of carboxylic acid groups (broad SMARTS) is 1. The van der Waals surface area contributed by atoms with E-state index in [-0.39, 0.29) is 0 Å². The van der Waals surface area contributed by atoms with Crippen molar-refractivity contribution in [2.45, 2.75) is 45.1 Å². The molecule has 20 heavy (non-hydrogen) atoms. The summed E-state index contributed by atoms with van der Waals surface area (Å²) in [6.45, 7) is 3.26. The van der Waals surface area contributed by atoms with Gasteiger partial charge >= 0.3 is 5.97 Å². The lowest BCUT2D eigenvalue weighted by atomic mass is 9.98. The SMILES string of the molecule is Cc1cc(NCCOC2CCCCC2)ccc1C(=O)O. The molecule has 0 amide bonds. The predicted octanol–water partition coefficient (Wildman–Crippen LogP) is 3.45. The smallest absolute Gasteiger partial charge is 0.335 e. The summed E-state index contributed by atoms with van der Waals surface area (Å²) in [7, 11) is 0. The highest BCUT2D eigenvalue weighted by molar-refractivity contribution is 5.89. The van der Waals surface area contributed by atoms with Gasteiger partial charge in [-0.2, -0.15) is 0 Å². The number of hydrogen-bond acceptors (Lipinski definition) is 3. The van der Waals surface area contributed by atoms with E-state index in [0.29, 0.717) is 18.3 Å². The van der Waals surface area contributed by atoms with Crippen LogP contribution in [0.15, 0.2) is 18.2 Å². The molecule has 0 radical (unpaired) electrons. The third-order valence-corrected chi connectivity index (χ3v) is 3.79.